The number of nitrogens with one attached hydrogen (secondary N) is 1. The smallest absolute Gasteiger partial charge is 0.330 e. The molecule has 6 nitrogen and oxygen atoms in total. The molecule has 0 spiro atoms. The van der Waals surface area contributed by atoms with Gasteiger partial charge in [-0.05, 0) is 24.7 Å². The number of aromatic amines is 1. The first-order valence-corrected chi connectivity index (χ1v) is 8.35. The molecule has 1 saturated heterocycles. The zero-order chi connectivity index (χ0) is 17.0. The quantitative estimate of drug-likeness (QED) is 0.837. The number of aromatic nitrogens is 2. The van der Waals surface area contributed by atoms with Crippen molar-refractivity contribution in [3.63, 3.8) is 0 Å². The summed E-state index contributed by atoms with van der Waals surface area (Å²) in [4.78, 5) is 26.3. The minimum Gasteiger partial charge on any atom is -0.354 e. The maximum atomic E-state index is 12.1. The number of H-pyrrole nitrogens is 1. The van der Waals surface area contributed by atoms with Crippen LogP contribution in [-0.2, 0) is 4.74 Å². The van der Waals surface area contributed by atoms with Crippen LogP contribution in [0.25, 0.3) is 6.08 Å². The lowest BCUT2D eigenvalue weighted by Crippen LogP contribution is -2.34. The Hall–Kier alpha value is -1.66. The first kappa shape index (κ1) is 17.7. The first-order valence-electron chi connectivity index (χ1n) is 8.35. The number of ether oxygens (including phenoxy) is 1. The molecule has 0 amide bonds. The molecule has 3 N–H and O–H groups in total. The summed E-state index contributed by atoms with van der Waals surface area (Å²) in [5.41, 5.74) is 5.00. The van der Waals surface area contributed by atoms with Crippen LogP contribution in [0.5, 0.6) is 0 Å². The van der Waals surface area contributed by atoms with E-state index in [0.29, 0.717) is 23.9 Å². The topological polar surface area (TPSA) is 90.1 Å². The lowest BCUT2D eigenvalue weighted by molar-refractivity contribution is -0.0349. The van der Waals surface area contributed by atoms with Crippen molar-refractivity contribution in [1.29, 1.82) is 0 Å². The van der Waals surface area contributed by atoms with Crippen molar-refractivity contribution in [2.24, 2.45) is 17.6 Å². The molecule has 0 aliphatic carbocycles. The Balaban J connectivity index is 2.21. The molecule has 1 aromatic heterocycles. The molecule has 4 atom stereocenters. The largest absolute Gasteiger partial charge is 0.354 e. The van der Waals surface area contributed by atoms with Gasteiger partial charge in [-0.25, -0.2) is 4.79 Å². The van der Waals surface area contributed by atoms with Crippen LogP contribution in [0.1, 0.15) is 51.8 Å². The van der Waals surface area contributed by atoms with Crippen molar-refractivity contribution < 1.29 is 4.74 Å². The van der Waals surface area contributed by atoms with E-state index in [1.54, 1.807) is 18.3 Å². The van der Waals surface area contributed by atoms with E-state index in [4.69, 9.17) is 10.5 Å². The van der Waals surface area contributed by atoms with Crippen molar-refractivity contribution >= 4 is 6.08 Å². The van der Waals surface area contributed by atoms with Crippen LogP contribution in [0.15, 0.2) is 21.9 Å². The Morgan fingerprint density at radius 3 is 2.83 bits per heavy atom. The Labute approximate surface area is 136 Å². The van der Waals surface area contributed by atoms with Crippen molar-refractivity contribution in [3.8, 4) is 0 Å². The van der Waals surface area contributed by atoms with E-state index in [2.05, 4.69) is 25.8 Å². The van der Waals surface area contributed by atoms with Crippen LogP contribution in [0.3, 0.4) is 0 Å². The van der Waals surface area contributed by atoms with Gasteiger partial charge in [-0.1, -0.05) is 39.3 Å². The summed E-state index contributed by atoms with van der Waals surface area (Å²) in [5, 5.41) is 0. The fourth-order valence-corrected chi connectivity index (χ4v) is 3.00. The molecule has 0 saturated carbocycles. The zero-order valence-corrected chi connectivity index (χ0v) is 14.1. The molecule has 6 heteroatoms. The highest BCUT2D eigenvalue weighted by Crippen LogP contribution is 2.34. The molecule has 2 rings (SSSR count). The second kappa shape index (κ2) is 7.75. The van der Waals surface area contributed by atoms with Gasteiger partial charge in [-0.15, -0.1) is 0 Å². The van der Waals surface area contributed by atoms with Crippen LogP contribution in [-0.4, -0.2) is 22.2 Å². The van der Waals surface area contributed by atoms with Crippen molar-refractivity contribution in [3.05, 3.63) is 38.7 Å². The van der Waals surface area contributed by atoms with E-state index in [1.807, 2.05) is 0 Å². The van der Waals surface area contributed by atoms with Crippen LogP contribution in [0.2, 0.25) is 0 Å². The number of nitrogens with zero attached hydrogens (tertiary/aromatic N) is 1. The van der Waals surface area contributed by atoms with Crippen LogP contribution < -0.4 is 17.0 Å². The van der Waals surface area contributed by atoms with Gasteiger partial charge in [0.15, 0.2) is 0 Å². The summed E-state index contributed by atoms with van der Waals surface area (Å²) in [6.07, 6.45) is 7.52. The molecule has 2 heterocycles. The third-order valence-corrected chi connectivity index (χ3v) is 4.90. The van der Waals surface area contributed by atoms with Gasteiger partial charge in [-0.3, -0.25) is 14.3 Å². The van der Waals surface area contributed by atoms with E-state index in [-0.39, 0.29) is 12.3 Å². The number of hydrogen-bond donors (Lipinski definition) is 2. The predicted molar refractivity (Wildman–Crippen MR) is 91.2 cm³/mol. The summed E-state index contributed by atoms with van der Waals surface area (Å²) in [5.74, 6) is 1.02. The number of nitrogens with two attached hydrogens (primary N) is 1. The minimum absolute atomic E-state index is 0.150. The van der Waals surface area contributed by atoms with Gasteiger partial charge in [0.1, 0.15) is 6.23 Å². The highest BCUT2D eigenvalue weighted by Gasteiger charge is 2.32. The van der Waals surface area contributed by atoms with E-state index >= 15 is 0 Å². The molecule has 0 bridgehead atoms. The predicted octanol–water partition coefficient (Wildman–Crippen LogP) is 1.87. The van der Waals surface area contributed by atoms with Crippen LogP contribution in [0.4, 0.5) is 0 Å². The summed E-state index contributed by atoms with van der Waals surface area (Å²) in [7, 11) is 0. The van der Waals surface area contributed by atoms with Crippen LogP contribution >= 0.6 is 0 Å². The maximum Gasteiger partial charge on any atom is 0.330 e. The molecule has 0 radical (unpaired) electrons. The van der Waals surface area contributed by atoms with Gasteiger partial charge in [0.2, 0.25) is 0 Å². The lowest BCUT2D eigenvalue weighted by Gasteiger charge is -2.25. The van der Waals surface area contributed by atoms with E-state index in [0.717, 1.165) is 19.3 Å². The first-order chi connectivity index (χ1) is 11.0. The summed E-state index contributed by atoms with van der Waals surface area (Å²) >= 11 is 0. The minimum atomic E-state index is -0.429. The lowest BCUT2D eigenvalue weighted by atomic mass is 9.88. The third-order valence-electron chi connectivity index (χ3n) is 4.90. The van der Waals surface area contributed by atoms with Crippen molar-refractivity contribution in [1.82, 2.24) is 9.55 Å². The van der Waals surface area contributed by atoms with Gasteiger partial charge in [-0.2, -0.15) is 0 Å². The van der Waals surface area contributed by atoms with Crippen molar-refractivity contribution in [2.45, 2.75) is 52.4 Å². The molecule has 0 aromatic carbocycles. The highest BCUT2D eigenvalue weighted by molar-refractivity contribution is 5.46. The Morgan fingerprint density at radius 1 is 1.43 bits per heavy atom. The summed E-state index contributed by atoms with van der Waals surface area (Å²) < 4.78 is 7.59. The summed E-state index contributed by atoms with van der Waals surface area (Å²) in [6, 6.07) is 0. The molecule has 1 aromatic rings. The van der Waals surface area contributed by atoms with Gasteiger partial charge in [0.05, 0.1) is 11.7 Å². The van der Waals surface area contributed by atoms with E-state index in [9.17, 15) is 9.59 Å². The van der Waals surface area contributed by atoms with E-state index in [1.165, 1.54) is 4.57 Å². The van der Waals surface area contributed by atoms with Gasteiger partial charge in [0.25, 0.3) is 5.56 Å². The molecular weight excluding hydrogens is 294 g/mol. The normalized spacial score (nSPS) is 24.2. The standard InChI is InChI=1S/C17H27N3O3/c1-4-11(2)12(3)14-7-8-15(23-14)20-10-13(6-5-9-18)16(21)19-17(20)22/h5-6,10-12,14-15H,4,7-9,18H2,1-3H3,(H,19,21,22)/b6-5+/t11?,12?,14?,15-/m1/s1. The second-order valence-electron chi connectivity index (χ2n) is 6.34. The molecule has 1 aliphatic rings. The van der Waals surface area contributed by atoms with Gasteiger partial charge >= 0.3 is 5.69 Å². The third kappa shape index (κ3) is 4.00. The van der Waals surface area contributed by atoms with Crippen molar-refractivity contribution in [2.75, 3.05) is 6.54 Å². The Morgan fingerprint density at radius 2 is 2.17 bits per heavy atom. The molecule has 1 fully saturated rings. The average molecular weight is 321 g/mol. The SMILES string of the molecule is CCC(C)C(C)C1CC[C@H](n2cc(/C=C/CN)c(=O)[nH]c2=O)O1. The van der Waals surface area contributed by atoms with Gasteiger partial charge in [0, 0.05) is 12.7 Å². The number of rotatable bonds is 6. The van der Waals surface area contributed by atoms with E-state index < -0.39 is 11.2 Å². The fourth-order valence-electron chi connectivity index (χ4n) is 3.00. The molecule has 23 heavy (non-hydrogen) atoms. The maximum absolute atomic E-state index is 12.1. The monoisotopic (exact) mass is 321 g/mol. The molecular formula is C17H27N3O3. The number of hydrogen-bond acceptors (Lipinski definition) is 4. The van der Waals surface area contributed by atoms with Gasteiger partial charge < -0.3 is 10.5 Å². The Bertz CT molecular complexity index is 662. The fraction of sp³-hybridized carbons (Fsp3) is 0.647. The second-order valence-corrected chi connectivity index (χ2v) is 6.34. The molecule has 1 aliphatic heterocycles. The summed E-state index contributed by atoms with van der Waals surface area (Å²) in [6.45, 7) is 6.94. The zero-order valence-electron chi connectivity index (χ0n) is 14.1. The molecule has 3 unspecified atom stereocenters. The Kier molecular flexibility index (Phi) is 5.96. The van der Waals surface area contributed by atoms with Crippen LogP contribution in [0, 0.1) is 11.8 Å². The highest BCUT2D eigenvalue weighted by atomic mass is 16.5. The average Bonchev–Trinajstić information content (AvgIpc) is 3.02. The molecule has 128 valence electrons.